The lowest BCUT2D eigenvalue weighted by Crippen LogP contribution is -2.20. The highest BCUT2D eigenvalue weighted by Crippen LogP contribution is 2.26. The van der Waals surface area contributed by atoms with Gasteiger partial charge in [0.15, 0.2) is 0 Å². The van der Waals surface area contributed by atoms with Gasteiger partial charge < -0.3 is 30.8 Å². The summed E-state index contributed by atoms with van der Waals surface area (Å²) in [5, 5.41) is 9.15. The van der Waals surface area contributed by atoms with Crippen LogP contribution in [0.15, 0.2) is 66.7 Å². The van der Waals surface area contributed by atoms with Gasteiger partial charge in [-0.25, -0.2) is 14.4 Å². The molecule has 0 amide bonds. The fourth-order valence-corrected chi connectivity index (χ4v) is 4.24. The summed E-state index contributed by atoms with van der Waals surface area (Å²) in [7, 11) is 0. The monoisotopic (exact) mass is 628 g/mol. The summed E-state index contributed by atoms with van der Waals surface area (Å²) < 4.78 is 53.0. The van der Waals surface area contributed by atoms with E-state index in [9.17, 15) is 27.6 Å². The normalized spacial score (nSPS) is 12.1. The molecule has 12 heteroatoms. The predicted molar refractivity (Wildman–Crippen MR) is 163 cm³/mol. The average Bonchev–Trinajstić information content (AvgIpc) is 2.99. The van der Waals surface area contributed by atoms with Crippen LogP contribution >= 0.6 is 0 Å². The molecule has 45 heavy (non-hydrogen) atoms. The van der Waals surface area contributed by atoms with Gasteiger partial charge in [0.05, 0.1) is 17.7 Å². The number of carboxylic acids is 1. The van der Waals surface area contributed by atoms with E-state index in [1.165, 1.54) is 30.3 Å². The highest BCUT2D eigenvalue weighted by Gasteiger charge is 2.25. The van der Waals surface area contributed by atoms with Crippen molar-refractivity contribution < 1.29 is 46.9 Å². The Labute approximate surface area is 258 Å². The minimum Gasteiger partial charge on any atom is -0.494 e. The van der Waals surface area contributed by atoms with Gasteiger partial charge in [-0.05, 0) is 85.9 Å². The van der Waals surface area contributed by atoms with Crippen LogP contribution in [0.1, 0.15) is 70.9 Å². The third-order valence-electron chi connectivity index (χ3n) is 6.70. The van der Waals surface area contributed by atoms with Gasteiger partial charge in [0.2, 0.25) is 0 Å². The summed E-state index contributed by atoms with van der Waals surface area (Å²) in [6, 6.07) is 15.3. The first-order valence-corrected chi connectivity index (χ1v) is 14.3. The minimum absolute atomic E-state index is 0.0278. The Morgan fingerprint density at radius 1 is 0.889 bits per heavy atom. The maximum atomic E-state index is 12.5. The minimum atomic E-state index is -4.14. The molecule has 3 aromatic carbocycles. The number of benzene rings is 3. The second kappa shape index (κ2) is 16.2. The summed E-state index contributed by atoms with van der Waals surface area (Å²) in [5.74, 6) is -1.56. The van der Waals surface area contributed by atoms with Gasteiger partial charge in [0, 0.05) is 35.9 Å². The first kappa shape index (κ1) is 34.5. The quantitative estimate of drug-likeness (QED) is 0.0540. The van der Waals surface area contributed by atoms with Gasteiger partial charge in [-0.1, -0.05) is 19.1 Å². The molecule has 0 bridgehead atoms. The second-order valence-electron chi connectivity index (χ2n) is 10.2. The van der Waals surface area contributed by atoms with Crippen LogP contribution in [0.5, 0.6) is 11.5 Å². The molecule has 0 saturated carbocycles. The third kappa shape index (κ3) is 11.5. The van der Waals surface area contributed by atoms with Crippen molar-refractivity contribution in [2.75, 3.05) is 18.1 Å². The Bertz CT molecular complexity index is 1460. The number of carbonyl (C=O) groups excluding carboxylic acids is 2. The van der Waals surface area contributed by atoms with E-state index < -0.39 is 36.6 Å². The van der Waals surface area contributed by atoms with E-state index in [4.69, 9.17) is 30.8 Å². The number of unbranched alkanes of at least 4 members (excludes halogenated alkanes) is 2. The number of nitrogens with two attached hydrogens (primary N) is 2. The van der Waals surface area contributed by atoms with E-state index in [-0.39, 0.29) is 47.7 Å². The van der Waals surface area contributed by atoms with E-state index in [1.54, 1.807) is 42.5 Å². The van der Waals surface area contributed by atoms with Crippen LogP contribution in [-0.4, -0.2) is 41.9 Å². The molecule has 0 aromatic heterocycles. The van der Waals surface area contributed by atoms with E-state index >= 15 is 0 Å². The van der Waals surface area contributed by atoms with Crippen LogP contribution in [0.25, 0.3) is 6.08 Å². The lowest BCUT2D eigenvalue weighted by Gasteiger charge is -2.18. The number of hydrogen-bond donors (Lipinski definition) is 3. The molecule has 1 unspecified atom stereocenters. The van der Waals surface area contributed by atoms with Crippen LogP contribution in [0.4, 0.5) is 24.5 Å². The van der Waals surface area contributed by atoms with Crippen molar-refractivity contribution in [1.29, 1.82) is 0 Å². The highest BCUT2D eigenvalue weighted by molar-refractivity contribution is 5.92. The van der Waals surface area contributed by atoms with E-state index in [0.717, 1.165) is 0 Å². The smallest absolute Gasteiger partial charge is 0.389 e. The van der Waals surface area contributed by atoms with Gasteiger partial charge >= 0.3 is 24.1 Å². The molecule has 0 spiro atoms. The third-order valence-corrected chi connectivity index (χ3v) is 6.70. The van der Waals surface area contributed by atoms with Crippen molar-refractivity contribution in [2.45, 2.75) is 57.7 Å². The van der Waals surface area contributed by atoms with Crippen LogP contribution < -0.4 is 20.9 Å². The molecule has 9 nitrogen and oxygen atoms in total. The number of hydrogen-bond acceptors (Lipinski definition) is 8. The summed E-state index contributed by atoms with van der Waals surface area (Å²) in [6.45, 7) is 2.10. The Balaban J connectivity index is 1.46. The zero-order valence-corrected chi connectivity index (χ0v) is 24.6. The zero-order chi connectivity index (χ0) is 33.0. The average molecular weight is 629 g/mol. The Morgan fingerprint density at radius 3 is 2.09 bits per heavy atom. The maximum absolute atomic E-state index is 12.5. The number of rotatable bonds is 15. The molecule has 240 valence electrons. The summed E-state index contributed by atoms with van der Waals surface area (Å²) >= 11 is 0. The maximum Gasteiger partial charge on any atom is 0.389 e. The molecule has 0 aliphatic carbocycles. The molecule has 3 aromatic rings. The number of esters is 2. The van der Waals surface area contributed by atoms with Crippen molar-refractivity contribution in [2.24, 2.45) is 0 Å². The van der Waals surface area contributed by atoms with Gasteiger partial charge in [-0.3, -0.25) is 0 Å². The number of ether oxygens (including phenoxy) is 3. The summed E-state index contributed by atoms with van der Waals surface area (Å²) in [5.41, 5.74) is 13.8. The summed E-state index contributed by atoms with van der Waals surface area (Å²) in [6.07, 6.45) is -1.04. The first-order chi connectivity index (χ1) is 21.3. The number of aromatic carboxylic acids is 1. The fourth-order valence-electron chi connectivity index (χ4n) is 4.24. The SMILES string of the molecule is CCC(Cc1c(N)cc(C(=O)O)cc1N)OC(=O)C=Cc1ccc(OC(=O)c2ccc(OCCCCCC(F)(F)F)cc2)cc1. The molecule has 1 atom stereocenters. The lowest BCUT2D eigenvalue weighted by atomic mass is 10.00. The van der Waals surface area contributed by atoms with Crippen LogP contribution in [0, 0.1) is 0 Å². The first-order valence-electron chi connectivity index (χ1n) is 14.3. The lowest BCUT2D eigenvalue weighted by molar-refractivity contribution is -0.143. The number of halogens is 3. The molecule has 0 radical (unpaired) electrons. The van der Waals surface area contributed by atoms with E-state index in [1.807, 2.05) is 6.92 Å². The molecule has 0 saturated heterocycles. The Kier molecular flexibility index (Phi) is 12.4. The Morgan fingerprint density at radius 2 is 1.51 bits per heavy atom. The molecule has 0 aliphatic heterocycles. The van der Waals surface area contributed by atoms with Crippen molar-refractivity contribution >= 4 is 35.4 Å². The van der Waals surface area contributed by atoms with Crippen LogP contribution in [-0.2, 0) is 16.0 Å². The van der Waals surface area contributed by atoms with Gasteiger partial charge in [-0.2, -0.15) is 13.2 Å². The van der Waals surface area contributed by atoms with Crippen molar-refractivity contribution in [3.05, 3.63) is 89.0 Å². The number of carboxylic acid groups (broad SMARTS) is 1. The zero-order valence-electron chi connectivity index (χ0n) is 24.6. The number of carbonyl (C=O) groups is 3. The van der Waals surface area contributed by atoms with Gasteiger partial charge in [-0.15, -0.1) is 0 Å². The van der Waals surface area contributed by atoms with Crippen LogP contribution in [0.2, 0.25) is 0 Å². The number of anilines is 2. The van der Waals surface area contributed by atoms with Gasteiger partial charge in [0.1, 0.15) is 17.6 Å². The van der Waals surface area contributed by atoms with E-state index in [2.05, 4.69) is 0 Å². The highest BCUT2D eigenvalue weighted by atomic mass is 19.4. The van der Waals surface area contributed by atoms with Crippen LogP contribution in [0.3, 0.4) is 0 Å². The number of nitrogen functional groups attached to an aromatic ring is 2. The molecule has 3 rings (SSSR count). The largest absolute Gasteiger partial charge is 0.494 e. The molecular weight excluding hydrogens is 593 g/mol. The standard InChI is InChI=1S/C33H35F3N2O7/c1-2-24(20-27-28(37)18-23(31(40)41)19-29(27)38)44-30(39)15-8-21-6-11-26(12-7-21)45-32(42)22-9-13-25(14-10-22)43-17-5-3-4-16-33(34,35)36/h6-15,18-19,24H,2-5,16-17,20,37-38H2,1H3,(H,40,41). The van der Waals surface area contributed by atoms with Crippen molar-refractivity contribution in [1.82, 2.24) is 0 Å². The Hall–Kier alpha value is -5.00. The predicted octanol–water partition coefficient (Wildman–Crippen LogP) is 6.85. The fraction of sp³-hybridized carbons (Fsp3) is 0.303. The van der Waals surface area contributed by atoms with Crippen molar-refractivity contribution in [3.8, 4) is 11.5 Å². The second-order valence-corrected chi connectivity index (χ2v) is 10.2. The number of alkyl halides is 3. The van der Waals surface area contributed by atoms with Crippen molar-refractivity contribution in [3.63, 3.8) is 0 Å². The molecule has 0 fully saturated rings. The van der Waals surface area contributed by atoms with E-state index in [0.29, 0.717) is 36.1 Å². The topological polar surface area (TPSA) is 151 Å². The summed E-state index contributed by atoms with van der Waals surface area (Å²) in [4.78, 5) is 36.2. The molecular formula is C33H35F3N2O7. The molecule has 0 heterocycles. The molecule has 5 N–H and O–H groups in total. The van der Waals surface area contributed by atoms with Gasteiger partial charge in [0.25, 0.3) is 0 Å². The molecule has 0 aliphatic rings.